The van der Waals surface area contributed by atoms with Gasteiger partial charge in [-0.3, -0.25) is 0 Å². The minimum Gasteiger partial charge on any atom is -0.611 e. The lowest BCUT2D eigenvalue weighted by Gasteiger charge is -2.06. The SMILES string of the molecule is COC(=O)C=CC=CC[S+]([O-])c1ccccc1. The van der Waals surface area contributed by atoms with Crippen LogP contribution in [0.1, 0.15) is 0 Å². The van der Waals surface area contributed by atoms with Gasteiger partial charge in [-0.25, -0.2) is 4.79 Å². The molecular formula is C13H14O3S. The maximum absolute atomic E-state index is 11.7. The van der Waals surface area contributed by atoms with Crippen molar-refractivity contribution in [2.45, 2.75) is 4.90 Å². The summed E-state index contributed by atoms with van der Waals surface area (Å²) < 4.78 is 16.2. The highest BCUT2D eigenvalue weighted by atomic mass is 32.2. The van der Waals surface area contributed by atoms with Gasteiger partial charge in [0.05, 0.1) is 7.11 Å². The second kappa shape index (κ2) is 7.70. The molecule has 0 aromatic heterocycles. The van der Waals surface area contributed by atoms with Crippen LogP contribution in [0.15, 0.2) is 59.5 Å². The van der Waals surface area contributed by atoms with E-state index in [9.17, 15) is 9.35 Å². The fraction of sp³-hybridized carbons (Fsp3) is 0.154. The van der Waals surface area contributed by atoms with Gasteiger partial charge >= 0.3 is 5.97 Å². The molecule has 90 valence electrons. The lowest BCUT2D eigenvalue weighted by molar-refractivity contribution is -0.134. The number of carbonyl (C=O) groups is 1. The Bertz CT molecular complexity index is 398. The maximum atomic E-state index is 11.7. The Hall–Kier alpha value is -1.52. The first-order valence-electron chi connectivity index (χ1n) is 5.08. The second-order valence-corrected chi connectivity index (χ2v) is 4.63. The monoisotopic (exact) mass is 250 g/mol. The highest BCUT2D eigenvalue weighted by Crippen LogP contribution is 2.09. The number of methoxy groups -OCH3 is 1. The Morgan fingerprint density at radius 3 is 2.71 bits per heavy atom. The zero-order valence-electron chi connectivity index (χ0n) is 9.54. The van der Waals surface area contributed by atoms with E-state index in [1.165, 1.54) is 13.2 Å². The van der Waals surface area contributed by atoms with E-state index in [1.54, 1.807) is 18.2 Å². The van der Waals surface area contributed by atoms with E-state index in [2.05, 4.69) is 4.74 Å². The number of allylic oxidation sites excluding steroid dienone is 2. The number of benzene rings is 1. The van der Waals surface area contributed by atoms with Gasteiger partial charge < -0.3 is 9.29 Å². The predicted molar refractivity (Wildman–Crippen MR) is 68.0 cm³/mol. The molecule has 3 nitrogen and oxygen atoms in total. The summed E-state index contributed by atoms with van der Waals surface area (Å²) in [4.78, 5) is 11.5. The van der Waals surface area contributed by atoms with Gasteiger partial charge in [0.2, 0.25) is 0 Å². The van der Waals surface area contributed by atoms with Crippen LogP contribution in [0.2, 0.25) is 0 Å². The number of rotatable bonds is 5. The Balaban J connectivity index is 2.38. The van der Waals surface area contributed by atoms with Crippen molar-refractivity contribution < 1.29 is 14.1 Å². The van der Waals surface area contributed by atoms with E-state index in [-0.39, 0.29) is 0 Å². The van der Waals surface area contributed by atoms with E-state index in [4.69, 9.17) is 0 Å². The Labute approximate surface area is 104 Å². The number of hydrogen-bond donors (Lipinski definition) is 0. The molecule has 0 amide bonds. The van der Waals surface area contributed by atoms with Crippen LogP contribution in [0.5, 0.6) is 0 Å². The fourth-order valence-corrected chi connectivity index (χ4v) is 2.03. The lowest BCUT2D eigenvalue weighted by atomic mass is 10.4. The van der Waals surface area contributed by atoms with Crippen molar-refractivity contribution in [3.05, 3.63) is 54.6 Å². The molecule has 4 heteroatoms. The Kier molecular flexibility index (Phi) is 6.14. The molecule has 1 atom stereocenters. The van der Waals surface area contributed by atoms with Crippen LogP contribution in [0.4, 0.5) is 0 Å². The van der Waals surface area contributed by atoms with Crippen molar-refractivity contribution in [3.8, 4) is 0 Å². The van der Waals surface area contributed by atoms with Gasteiger partial charge in [-0.1, -0.05) is 30.4 Å². The van der Waals surface area contributed by atoms with Gasteiger partial charge in [0.1, 0.15) is 5.75 Å². The topological polar surface area (TPSA) is 49.4 Å². The summed E-state index contributed by atoms with van der Waals surface area (Å²) in [6, 6.07) is 9.25. The third-order valence-corrected chi connectivity index (χ3v) is 3.23. The molecule has 0 aliphatic carbocycles. The van der Waals surface area contributed by atoms with Gasteiger partial charge in [0, 0.05) is 6.08 Å². The fourth-order valence-electron chi connectivity index (χ4n) is 1.09. The molecule has 0 aliphatic heterocycles. The van der Waals surface area contributed by atoms with Gasteiger partial charge in [-0.15, -0.1) is 0 Å². The summed E-state index contributed by atoms with van der Waals surface area (Å²) in [6.45, 7) is 0. The van der Waals surface area contributed by atoms with Gasteiger partial charge in [0.25, 0.3) is 0 Å². The van der Waals surface area contributed by atoms with Crippen molar-refractivity contribution in [3.63, 3.8) is 0 Å². The first kappa shape index (κ1) is 13.5. The third-order valence-electron chi connectivity index (χ3n) is 1.93. The molecule has 1 aromatic rings. The normalized spacial score (nSPS) is 13.1. The highest BCUT2D eigenvalue weighted by Gasteiger charge is 2.05. The minimum absolute atomic E-state index is 0.404. The number of esters is 1. The van der Waals surface area contributed by atoms with E-state index in [0.717, 1.165) is 4.90 Å². The van der Waals surface area contributed by atoms with Crippen LogP contribution in [0.25, 0.3) is 0 Å². The van der Waals surface area contributed by atoms with Crippen molar-refractivity contribution in [1.29, 1.82) is 0 Å². The first-order chi connectivity index (χ1) is 8.24. The highest BCUT2D eigenvalue weighted by molar-refractivity contribution is 7.91. The number of ether oxygens (including phenoxy) is 1. The van der Waals surface area contributed by atoms with E-state index in [1.807, 2.05) is 30.3 Å². The molecule has 0 radical (unpaired) electrons. The molecule has 0 heterocycles. The van der Waals surface area contributed by atoms with Crippen molar-refractivity contribution in [2.75, 3.05) is 12.9 Å². The van der Waals surface area contributed by atoms with Crippen LogP contribution < -0.4 is 0 Å². The summed E-state index contributed by atoms with van der Waals surface area (Å²) in [6.07, 6.45) is 6.30. The van der Waals surface area contributed by atoms with Crippen LogP contribution in [0.3, 0.4) is 0 Å². The Morgan fingerprint density at radius 2 is 2.06 bits per heavy atom. The van der Waals surface area contributed by atoms with Crippen LogP contribution >= 0.6 is 0 Å². The molecule has 0 bridgehead atoms. The summed E-state index contributed by atoms with van der Waals surface area (Å²) in [5, 5.41) is 0. The van der Waals surface area contributed by atoms with Crippen LogP contribution in [-0.4, -0.2) is 23.4 Å². The summed E-state index contributed by atoms with van der Waals surface area (Å²) >= 11 is -1.04. The van der Waals surface area contributed by atoms with Gasteiger partial charge in [0.15, 0.2) is 4.90 Å². The average molecular weight is 250 g/mol. The van der Waals surface area contributed by atoms with Crippen molar-refractivity contribution in [1.82, 2.24) is 0 Å². The summed E-state index contributed by atoms with van der Waals surface area (Å²) in [7, 11) is 1.32. The maximum Gasteiger partial charge on any atom is 0.330 e. The first-order valence-corrected chi connectivity index (χ1v) is 6.40. The lowest BCUT2D eigenvalue weighted by Crippen LogP contribution is -2.04. The molecule has 0 N–H and O–H groups in total. The molecule has 1 aromatic carbocycles. The Morgan fingerprint density at radius 1 is 1.35 bits per heavy atom. The van der Waals surface area contributed by atoms with Crippen molar-refractivity contribution in [2.24, 2.45) is 0 Å². The molecular weight excluding hydrogens is 236 g/mol. The summed E-state index contributed by atoms with van der Waals surface area (Å²) in [5.41, 5.74) is 0. The van der Waals surface area contributed by atoms with E-state index in [0.29, 0.717) is 5.75 Å². The van der Waals surface area contributed by atoms with Crippen LogP contribution in [-0.2, 0) is 20.7 Å². The molecule has 17 heavy (non-hydrogen) atoms. The smallest absolute Gasteiger partial charge is 0.330 e. The third kappa shape index (κ3) is 5.38. The number of hydrogen-bond acceptors (Lipinski definition) is 3. The largest absolute Gasteiger partial charge is 0.611 e. The quantitative estimate of drug-likeness (QED) is 0.348. The number of carbonyl (C=O) groups excluding carboxylic acids is 1. The minimum atomic E-state index is -1.04. The molecule has 0 saturated heterocycles. The summed E-state index contributed by atoms with van der Waals surface area (Å²) in [5.74, 6) is 0.0223. The molecule has 0 saturated carbocycles. The van der Waals surface area contributed by atoms with E-state index < -0.39 is 17.1 Å². The molecule has 0 spiro atoms. The molecule has 0 fully saturated rings. The zero-order valence-corrected chi connectivity index (χ0v) is 10.4. The second-order valence-electron chi connectivity index (χ2n) is 3.14. The molecule has 0 aliphatic rings. The standard InChI is InChI=1S/C13H14O3S/c1-16-13(14)10-6-3-7-11-17(15)12-8-4-2-5-9-12/h2-10H,11H2,1H3. The van der Waals surface area contributed by atoms with E-state index >= 15 is 0 Å². The van der Waals surface area contributed by atoms with Gasteiger partial charge in [-0.05, 0) is 29.4 Å². The van der Waals surface area contributed by atoms with Crippen molar-refractivity contribution >= 4 is 17.1 Å². The van der Waals surface area contributed by atoms with Gasteiger partial charge in [-0.2, -0.15) is 0 Å². The zero-order chi connectivity index (χ0) is 12.5. The average Bonchev–Trinajstić information content (AvgIpc) is 2.38. The molecule has 1 unspecified atom stereocenters. The van der Waals surface area contributed by atoms with Crippen LogP contribution in [0, 0.1) is 0 Å². The predicted octanol–water partition coefficient (Wildman–Crippen LogP) is 2.08. The molecule has 1 rings (SSSR count).